The summed E-state index contributed by atoms with van der Waals surface area (Å²) >= 11 is 5.98. The van der Waals surface area contributed by atoms with Crippen LogP contribution in [0.15, 0.2) is 59.5 Å². The summed E-state index contributed by atoms with van der Waals surface area (Å²) in [5.41, 5.74) is 4.12. The van der Waals surface area contributed by atoms with Gasteiger partial charge in [-0.15, -0.1) is 0 Å². The predicted octanol–water partition coefficient (Wildman–Crippen LogP) is 3.53. The molecule has 0 radical (unpaired) electrons. The molecule has 0 bridgehead atoms. The number of imidazole rings is 1. The van der Waals surface area contributed by atoms with Crippen LogP contribution in [0.4, 0.5) is 5.69 Å². The Kier molecular flexibility index (Phi) is 6.27. The minimum absolute atomic E-state index is 0.0515. The number of benzene rings is 2. The molecule has 0 atom stereocenters. The summed E-state index contributed by atoms with van der Waals surface area (Å²) in [5.74, 6) is 0. The van der Waals surface area contributed by atoms with Gasteiger partial charge in [0, 0.05) is 42.2 Å². The topological polar surface area (TPSA) is 42.6 Å². The van der Waals surface area contributed by atoms with Crippen LogP contribution in [0, 0.1) is 6.92 Å². The Bertz CT molecular complexity index is 1030. The van der Waals surface area contributed by atoms with Gasteiger partial charge in [0.1, 0.15) is 0 Å². The second-order valence-corrected chi connectivity index (χ2v) is 8.19. The van der Waals surface area contributed by atoms with Gasteiger partial charge in [0.25, 0.3) is 0 Å². The largest absolute Gasteiger partial charge is 0.378 e. The molecular weight excluding hydrogens is 400 g/mol. The van der Waals surface area contributed by atoms with Crippen LogP contribution < -0.4 is 10.6 Å². The molecule has 2 aromatic carbocycles. The van der Waals surface area contributed by atoms with Crippen molar-refractivity contribution in [3.05, 3.63) is 81.5 Å². The molecule has 0 spiro atoms. The van der Waals surface area contributed by atoms with Crippen molar-refractivity contribution in [1.82, 2.24) is 14.0 Å². The molecule has 0 unspecified atom stereocenters. The molecule has 0 aliphatic carbocycles. The Balaban J connectivity index is 1.43. The third-order valence-electron chi connectivity index (χ3n) is 5.38. The average molecular weight is 427 g/mol. The zero-order chi connectivity index (χ0) is 21.1. The Hall–Kier alpha value is -2.54. The van der Waals surface area contributed by atoms with Gasteiger partial charge < -0.3 is 9.64 Å². The Morgan fingerprint density at radius 3 is 2.30 bits per heavy atom. The van der Waals surface area contributed by atoms with Crippen LogP contribution in [0.25, 0.3) is 5.69 Å². The van der Waals surface area contributed by atoms with Crippen LogP contribution in [0.5, 0.6) is 0 Å². The van der Waals surface area contributed by atoms with E-state index in [0.717, 1.165) is 44.2 Å². The minimum Gasteiger partial charge on any atom is -0.378 e. The van der Waals surface area contributed by atoms with E-state index in [1.165, 1.54) is 11.3 Å². The van der Waals surface area contributed by atoms with Gasteiger partial charge in [0.05, 0.1) is 25.6 Å². The van der Waals surface area contributed by atoms with Crippen LogP contribution in [-0.4, -0.2) is 47.4 Å². The summed E-state index contributed by atoms with van der Waals surface area (Å²) in [7, 11) is 2.03. The molecule has 2 heterocycles. The number of rotatable bonds is 6. The van der Waals surface area contributed by atoms with Crippen LogP contribution in [-0.2, 0) is 18.0 Å². The van der Waals surface area contributed by atoms with Gasteiger partial charge in [-0.3, -0.25) is 14.0 Å². The summed E-state index contributed by atoms with van der Waals surface area (Å²) in [6, 6.07) is 16.0. The summed E-state index contributed by atoms with van der Waals surface area (Å²) in [5, 5.41) is 0.656. The number of aryl methyl sites for hydroxylation is 1. The smallest absolute Gasteiger partial charge is 0.334 e. The number of hydrogen-bond donors (Lipinski definition) is 0. The molecule has 1 aliphatic heterocycles. The van der Waals surface area contributed by atoms with E-state index in [0.29, 0.717) is 11.7 Å². The minimum atomic E-state index is -0.0515. The Morgan fingerprint density at radius 1 is 1.00 bits per heavy atom. The first-order chi connectivity index (χ1) is 14.5. The number of halogens is 1. The maximum Gasteiger partial charge on any atom is 0.334 e. The van der Waals surface area contributed by atoms with Gasteiger partial charge in [-0.25, -0.2) is 4.79 Å². The lowest BCUT2D eigenvalue weighted by Gasteiger charge is -2.29. The fourth-order valence-electron chi connectivity index (χ4n) is 3.88. The molecule has 30 heavy (non-hydrogen) atoms. The number of ether oxygens (including phenoxy) is 1. The maximum absolute atomic E-state index is 12.9. The van der Waals surface area contributed by atoms with Gasteiger partial charge in [0.15, 0.2) is 0 Å². The van der Waals surface area contributed by atoms with Crippen molar-refractivity contribution in [3.8, 4) is 5.69 Å². The molecule has 1 aromatic heterocycles. The second kappa shape index (κ2) is 9.08. The van der Waals surface area contributed by atoms with E-state index >= 15 is 0 Å². The molecule has 4 rings (SSSR count). The lowest BCUT2D eigenvalue weighted by Crippen LogP contribution is -2.36. The molecular formula is C23H27ClN4O2. The molecule has 0 N–H and O–H groups in total. The van der Waals surface area contributed by atoms with E-state index in [9.17, 15) is 4.79 Å². The van der Waals surface area contributed by atoms with Crippen LogP contribution in [0.2, 0.25) is 5.02 Å². The van der Waals surface area contributed by atoms with Crippen LogP contribution in [0.1, 0.15) is 11.3 Å². The van der Waals surface area contributed by atoms with E-state index in [1.54, 1.807) is 21.3 Å². The van der Waals surface area contributed by atoms with Crippen molar-refractivity contribution < 1.29 is 4.74 Å². The van der Waals surface area contributed by atoms with Crippen molar-refractivity contribution in [1.29, 1.82) is 0 Å². The standard InChI is InChI=1S/C23H27ClN4O2/c1-18-15-27(23(29)28(18)22-9-5-20(24)6-10-22)17-25(2)16-19-3-7-21(8-4-19)26-11-13-30-14-12-26/h3-10,15H,11-14,16-17H2,1-2H3. The SMILES string of the molecule is Cc1cn(CN(C)Cc2ccc(N3CCOCC3)cc2)c(=O)n1-c1ccc(Cl)cc1. The van der Waals surface area contributed by atoms with E-state index in [-0.39, 0.29) is 5.69 Å². The molecule has 1 fully saturated rings. The van der Waals surface area contributed by atoms with Crippen LogP contribution in [0.3, 0.4) is 0 Å². The highest BCUT2D eigenvalue weighted by atomic mass is 35.5. The Labute approximate surface area is 181 Å². The Morgan fingerprint density at radius 2 is 1.63 bits per heavy atom. The fraction of sp³-hybridized carbons (Fsp3) is 0.348. The highest BCUT2D eigenvalue weighted by Crippen LogP contribution is 2.18. The third-order valence-corrected chi connectivity index (χ3v) is 5.63. The average Bonchev–Trinajstić information content (AvgIpc) is 3.03. The quantitative estimate of drug-likeness (QED) is 0.604. The molecule has 7 heteroatoms. The number of morpholine rings is 1. The summed E-state index contributed by atoms with van der Waals surface area (Å²) in [4.78, 5) is 17.4. The lowest BCUT2D eigenvalue weighted by atomic mass is 10.2. The van der Waals surface area contributed by atoms with Crippen molar-refractivity contribution in [2.75, 3.05) is 38.3 Å². The number of anilines is 1. The molecule has 158 valence electrons. The van der Waals surface area contributed by atoms with E-state index in [4.69, 9.17) is 16.3 Å². The van der Waals surface area contributed by atoms with Gasteiger partial charge in [-0.05, 0) is 55.9 Å². The monoisotopic (exact) mass is 426 g/mol. The number of hydrogen-bond acceptors (Lipinski definition) is 4. The highest BCUT2D eigenvalue weighted by molar-refractivity contribution is 6.30. The zero-order valence-corrected chi connectivity index (χ0v) is 18.2. The normalized spacial score (nSPS) is 14.5. The molecule has 3 aromatic rings. The van der Waals surface area contributed by atoms with Crippen molar-refractivity contribution in [3.63, 3.8) is 0 Å². The van der Waals surface area contributed by atoms with Crippen LogP contribution >= 0.6 is 11.6 Å². The fourth-order valence-corrected chi connectivity index (χ4v) is 4.00. The van der Waals surface area contributed by atoms with Crippen molar-refractivity contribution in [2.45, 2.75) is 20.1 Å². The third kappa shape index (κ3) is 4.61. The van der Waals surface area contributed by atoms with Crippen molar-refractivity contribution >= 4 is 17.3 Å². The molecule has 0 amide bonds. The summed E-state index contributed by atoms with van der Waals surface area (Å²) in [6.07, 6.45) is 1.90. The summed E-state index contributed by atoms with van der Waals surface area (Å²) in [6.45, 7) is 6.67. The first-order valence-electron chi connectivity index (χ1n) is 10.2. The molecule has 1 saturated heterocycles. The number of nitrogens with zero attached hydrogens (tertiary/aromatic N) is 4. The molecule has 6 nitrogen and oxygen atoms in total. The highest BCUT2D eigenvalue weighted by Gasteiger charge is 2.13. The zero-order valence-electron chi connectivity index (χ0n) is 17.4. The van der Waals surface area contributed by atoms with Gasteiger partial charge >= 0.3 is 5.69 Å². The van der Waals surface area contributed by atoms with Gasteiger partial charge in [-0.2, -0.15) is 0 Å². The second-order valence-electron chi connectivity index (χ2n) is 7.76. The van der Waals surface area contributed by atoms with E-state index < -0.39 is 0 Å². The van der Waals surface area contributed by atoms with E-state index in [1.807, 2.05) is 32.3 Å². The van der Waals surface area contributed by atoms with Crippen molar-refractivity contribution in [2.24, 2.45) is 0 Å². The van der Waals surface area contributed by atoms with Gasteiger partial charge in [-0.1, -0.05) is 23.7 Å². The maximum atomic E-state index is 12.9. The number of aromatic nitrogens is 2. The lowest BCUT2D eigenvalue weighted by molar-refractivity contribution is 0.122. The van der Waals surface area contributed by atoms with E-state index in [2.05, 4.69) is 34.1 Å². The first-order valence-corrected chi connectivity index (χ1v) is 10.5. The molecule has 1 aliphatic rings. The predicted molar refractivity (Wildman–Crippen MR) is 121 cm³/mol. The molecule has 0 saturated carbocycles. The summed E-state index contributed by atoms with van der Waals surface area (Å²) < 4.78 is 8.88. The van der Waals surface area contributed by atoms with Gasteiger partial charge in [0.2, 0.25) is 0 Å². The first kappa shape index (κ1) is 20.7.